The summed E-state index contributed by atoms with van der Waals surface area (Å²) in [7, 11) is -3.70. The van der Waals surface area contributed by atoms with Gasteiger partial charge in [-0.1, -0.05) is 23.8 Å². The molecule has 0 aromatic heterocycles. The average Bonchev–Trinajstić information content (AvgIpc) is 3.25. The molecule has 2 N–H and O–H groups in total. The van der Waals surface area contributed by atoms with Gasteiger partial charge in [0.1, 0.15) is 0 Å². The minimum atomic E-state index is -3.70. The third-order valence-corrected chi connectivity index (χ3v) is 8.34. The van der Waals surface area contributed by atoms with Crippen LogP contribution >= 0.6 is 0 Å². The van der Waals surface area contributed by atoms with Crippen LogP contribution in [0, 0.1) is 20.8 Å². The van der Waals surface area contributed by atoms with E-state index in [1.54, 1.807) is 13.8 Å². The Morgan fingerprint density at radius 2 is 1.68 bits per heavy atom. The second-order valence-electron chi connectivity index (χ2n) is 9.11. The number of hydrogen-bond donors (Lipinski definition) is 2. The van der Waals surface area contributed by atoms with Gasteiger partial charge in [-0.2, -0.15) is 0 Å². The van der Waals surface area contributed by atoms with E-state index >= 15 is 0 Å². The quantitative estimate of drug-likeness (QED) is 0.592. The Bertz CT molecular complexity index is 1150. The molecule has 0 unspecified atom stereocenters. The Labute approximate surface area is 201 Å². The maximum absolute atomic E-state index is 12.8. The molecule has 0 saturated carbocycles. The third-order valence-electron chi connectivity index (χ3n) is 6.58. The number of hydrogen-bond acceptors (Lipinski definition) is 6. The predicted molar refractivity (Wildman–Crippen MR) is 128 cm³/mol. The van der Waals surface area contributed by atoms with Gasteiger partial charge >= 0.3 is 0 Å². The van der Waals surface area contributed by atoms with Crippen molar-refractivity contribution >= 4 is 15.9 Å². The Morgan fingerprint density at radius 1 is 1.00 bits per heavy atom. The third kappa shape index (κ3) is 5.21. The molecule has 184 valence electrons. The van der Waals surface area contributed by atoms with Gasteiger partial charge in [-0.05, 0) is 62.4 Å². The van der Waals surface area contributed by atoms with Crippen molar-refractivity contribution < 1.29 is 27.4 Å². The molecule has 2 aliphatic heterocycles. The van der Waals surface area contributed by atoms with Gasteiger partial charge in [0, 0.05) is 38.1 Å². The molecule has 0 aliphatic carbocycles. The van der Waals surface area contributed by atoms with Crippen LogP contribution in [0.1, 0.15) is 41.5 Å². The second kappa shape index (κ2) is 9.93. The summed E-state index contributed by atoms with van der Waals surface area (Å²) in [6.07, 6.45) is 1.59. The van der Waals surface area contributed by atoms with E-state index in [0.717, 1.165) is 29.7 Å². The van der Waals surface area contributed by atoms with E-state index in [4.69, 9.17) is 14.2 Å². The van der Waals surface area contributed by atoms with E-state index in [2.05, 4.69) is 10.0 Å². The summed E-state index contributed by atoms with van der Waals surface area (Å²) >= 11 is 0. The van der Waals surface area contributed by atoms with Crippen LogP contribution < -0.4 is 19.5 Å². The van der Waals surface area contributed by atoms with Crippen molar-refractivity contribution in [3.8, 4) is 11.5 Å². The van der Waals surface area contributed by atoms with Crippen LogP contribution in [0.2, 0.25) is 0 Å². The first-order valence-corrected chi connectivity index (χ1v) is 13.0. The van der Waals surface area contributed by atoms with Gasteiger partial charge in [-0.3, -0.25) is 4.79 Å². The van der Waals surface area contributed by atoms with E-state index in [0.29, 0.717) is 36.6 Å². The van der Waals surface area contributed by atoms with Gasteiger partial charge in [0.05, 0.1) is 4.90 Å². The molecule has 9 heteroatoms. The van der Waals surface area contributed by atoms with E-state index in [1.807, 2.05) is 37.3 Å². The lowest BCUT2D eigenvalue weighted by Gasteiger charge is -2.38. The summed E-state index contributed by atoms with van der Waals surface area (Å²) in [6.45, 7) is 7.40. The highest BCUT2D eigenvalue weighted by atomic mass is 32.2. The number of fused-ring (bicyclic) bond motifs is 1. The van der Waals surface area contributed by atoms with E-state index in [1.165, 1.54) is 0 Å². The number of carbonyl (C=O) groups is 1. The van der Waals surface area contributed by atoms with Crippen LogP contribution in [0.15, 0.2) is 35.2 Å². The molecule has 8 nitrogen and oxygen atoms in total. The molecule has 1 amide bonds. The highest BCUT2D eigenvalue weighted by Gasteiger charge is 2.36. The maximum atomic E-state index is 12.8. The van der Waals surface area contributed by atoms with Crippen molar-refractivity contribution in [1.29, 1.82) is 0 Å². The molecule has 2 heterocycles. The van der Waals surface area contributed by atoms with Crippen LogP contribution in [0.4, 0.5) is 0 Å². The van der Waals surface area contributed by atoms with Gasteiger partial charge in [0.15, 0.2) is 11.5 Å². The molecule has 2 aliphatic rings. The van der Waals surface area contributed by atoms with Crippen LogP contribution in [0.25, 0.3) is 0 Å². The van der Waals surface area contributed by atoms with Gasteiger partial charge in [0.2, 0.25) is 22.7 Å². The van der Waals surface area contributed by atoms with Gasteiger partial charge < -0.3 is 19.5 Å². The number of rotatable bonds is 8. The van der Waals surface area contributed by atoms with Crippen molar-refractivity contribution in [3.63, 3.8) is 0 Å². The molecule has 0 bridgehead atoms. The highest BCUT2D eigenvalue weighted by Crippen LogP contribution is 2.40. The number of carbonyl (C=O) groups excluding carboxylic acids is 1. The van der Waals surface area contributed by atoms with E-state index in [9.17, 15) is 13.2 Å². The normalized spacial score (nSPS) is 16.9. The number of amides is 1. The van der Waals surface area contributed by atoms with E-state index in [-0.39, 0.29) is 36.0 Å². The number of aryl methyl sites for hydroxylation is 3. The molecular formula is C25H32N2O6S. The molecule has 4 rings (SSSR count). The zero-order valence-corrected chi connectivity index (χ0v) is 20.7. The molecule has 0 radical (unpaired) electrons. The van der Waals surface area contributed by atoms with Crippen LogP contribution in [0.3, 0.4) is 0 Å². The fourth-order valence-electron chi connectivity index (χ4n) is 4.87. The Morgan fingerprint density at radius 3 is 2.38 bits per heavy atom. The standard InChI is InChI=1S/C25H32N2O6S/c1-17-12-18(2)24(19(3)13-17)34(29,30)27-9-6-23(28)26-15-25(7-10-31-11-8-25)20-4-5-21-22(14-20)33-16-32-21/h4-5,12-14,27H,6-11,15-16H2,1-3H3,(H,26,28). The summed E-state index contributed by atoms with van der Waals surface area (Å²) in [4.78, 5) is 12.9. The van der Waals surface area contributed by atoms with Crippen molar-refractivity contribution in [2.45, 2.75) is 50.3 Å². The lowest BCUT2D eigenvalue weighted by atomic mass is 9.74. The van der Waals surface area contributed by atoms with Crippen molar-refractivity contribution in [2.75, 3.05) is 33.1 Å². The Balaban J connectivity index is 1.37. The average molecular weight is 489 g/mol. The van der Waals surface area contributed by atoms with Crippen LogP contribution in [-0.2, 0) is 25.0 Å². The smallest absolute Gasteiger partial charge is 0.241 e. The molecule has 34 heavy (non-hydrogen) atoms. The minimum Gasteiger partial charge on any atom is -0.454 e. The fourth-order valence-corrected chi connectivity index (χ4v) is 6.35. The maximum Gasteiger partial charge on any atom is 0.241 e. The van der Waals surface area contributed by atoms with Crippen molar-refractivity contribution in [2.24, 2.45) is 0 Å². The Kier molecular flexibility index (Phi) is 7.16. The number of nitrogens with one attached hydrogen (secondary N) is 2. The molecule has 0 atom stereocenters. The molecule has 2 aromatic rings. The van der Waals surface area contributed by atoms with Crippen molar-refractivity contribution in [1.82, 2.24) is 10.0 Å². The topological polar surface area (TPSA) is 103 Å². The summed E-state index contributed by atoms with van der Waals surface area (Å²) in [5, 5.41) is 3.01. The number of sulfonamides is 1. The predicted octanol–water partition coefficient (Wildman–Crippen LogP) is 2.87. The lowest BCUT2D eigenvalue weighted by molar-refractivity contribution is -0.121. The summed E-state index contributed by atoms with van der Waals surface area (Å²) in [5.41, 5.74) is 3.20. The monoisotopic (exact) mass is 488 g/mol. The second-order valence-corrected chi connectivity index (χ2v) is 10.8. The molecule has 1 saturated heterocycles. The largest absolute Gasteiger partial charge is 0.454 e. The molecule has 0 spiro atoms. The highest BCUT2D eigenvalue weighted by molar-refractivity contribution is 7.89. The number of benzene rings is 2. The van der Waals surface area contributed by atoms with Gasteiger partial charge in [-0.25, -0.2) is 13.1 Å². The minimum absolute atomic E-state index is 0.0288. The molecular weight excluding hydrogens is 456 g/mol. The zero-order valence-electron chi connectivity index (χ0n) is 19.9. The first-order valence-electron chi connectivity index (χ1n) is 11.5. The van der Waals surface area contributed by atoms with Crippen LogP contribution in [-0.4, -0.2) is 47.4 Å². The first-order chi connectivity index (χ1) is 16.2. The lowest BCUT2D eigenvalue weighted by Crippen LogP contribution is -2.45. The number of ether oxygens (including phenoxy) is 3. The van der Waals surface area contributed by atoms with Crippen LogP contribution in [0.5, 0.6) is 11.5 Å². The SMILES string of the molecule is Cc1cc(C)c(S(=O)(=O)NCCC(=O)NCC2(c3ccc4c(c3)OCO4)CCOCC2)c(C)c1. The van der Waals surface area contributed by atoms with Crippen molar-refractivity contribution in [3.05, 3.63) is 52.6 Å². The molecule has 1 fully saturated rings. The Hall–Kier alpha value is -2.62. The van der Waals surface area contributed by atoms with Gasteiger partial charge in [0.25, 0.3) is 0 Å². The van der Waals surface area contributed by atoms with Gasteiger partial charge in [-0.15, -0.1) is 0 Å². The summed E-state index contributed by atoms with van der Waals surface area (Å²) in [5.74, 6) is 1.23. The molecule has 2 aromatic carbocycles. The first kappa shape index (κ1) is 24.5. The summed E-state index contributed by atoms with van der Waals surface area (Å²) in [6, 6.07) is 9.60. The zero-order chi connectivity index (χ0) is 24.3. The van der Waals surface area contributed by atoms with E-state index < -0.39 is 10.0 Å². The fraction of sp³-hybridized carbons (Fsp3) is 0.480. The summed E-state index contributed by atoms with van der Waals surface area (Å²) < 4.78 is 44.8.